The Morgan fingerprint density at radius 2 is 2.06 bits per heavy atom. The van der Waals surface area contributed by atoms with Gasteiger partial charge < -0.3 is 10.2 Å². The Hall–Kier alpha value is -0.570. The second-order valence-electron chi connectivity index (χ2n) is 5.40. The number of carbonyl (C=O) groups excluding carboxylic acids is 1. The van der Waals surface area contributed by atoms with Crippen LogP contribution in [0.4, 0.5) is 0 Å². The average molecular weight is 224 g/mol. The van der Waals surface area contributed by atoms with E-state index >= 15 is 0 Å². The highest BCUT2D eigenvalue weighted by Crippen LogP contribution is 2.19. The molecule has 1 saturated carbocycles. The van der Waals surface area contributed by atoms with Crippen molar-refractivity contribution in [3.05, 3.63) is 0 Å². The minimum Gasteiger partial charge on any atom is -0.343 e. The minimum atomic E-state index is 0.349. The lowest BCUT2D eigenvalue weighted by atomic mass is 10.0. The Bertz CT molecular complexity index is 238. The number of rotatable bonds is 4. The first-order chi connectivity index (χ1) is 7.75. The monoisotopic (exact) mass is 224 g/mol. The normalized spacial score (nSPS) is 26.6. The summed E-state index contributed by atoms with van der Waals surface area (Å²) in [4.78, 5) is 14.0. The topological polar surface area (TPSA) is 32.3 Å². The predicted octanol–water partition coefficient (Wildman–Crippen LogP) is 1.78. The van der Waals surface area contributed by atoms with E-state index in [9.17, 15) is 4.79 Å². The maximum Gasteiger partial charge on any atom is 0.223 e. The van der Waals surface area contributed by atoms with Crippen LogP contribution < -0.4 is 5.32 Å². The van der Waals surface area contributed by atoms with Crippen molar-refractivity contribution in [2.75, 3.05) is 19.6 Å². The molecule has 1 aliphatic carbocycles. The van der Waals surface area contributed by atoms with Gasteiger partial charge >= 0.3 is 0 Å². The molecule has 2 aliphatic rings. The standard InChI is InChI=1S/C13H24N2O/c1-11-3-2-9-15(10-7-11)13(16)6-8-14-12-4-5-12/h11-12,14H,2-10H2,1H3. The number of carbonyl (C=O) groups is 1. The Morgan fingerprint density at radius 1 is 1.25 bits per heavy atom. The molecule has 1 N–H and O–H groups in total. The summed E-state index contributed by atoms with van der Waals surface area (Å²) in [5.74, 6) is 1.14. The first-order valence-electron chi connectivity index (χ1n) is 6.77. The molecule has 0 aromatic heterocycles. The van der Waals surface area contributed by atoms with Gasteiger partial charge in [0.15, 0.2) is 0 Å². The van der Waals surface area contributed by atoms with Crippen molar-refractivity contribution in [3.8, 4) is 0 Å². The molecule has 3 nitrogen and oxygen atoms in total. The molecule has 1 aliphatic heterocycles. The van der Waals surface area contributed by atoms with Gasteiger partial charge in [0.05, 0.1) is 0 Å². The van der Waals surface area contributed by atoms with E-state index in [2.05, 4.69) is 17.1 Å². The molecule has 1 amide bonds. The summed E-state index contributed by atoms with van der Waals surface area (Å²) in [5, 5.41) is 3.40. The Morgan fingerprint density at radius 3 is 2.81 bits per heavy atom. The number of hydrogen-bond acceptors (Lipinski definition) is 2. The molecular formula is C13H24N2O. The van der Waals surface area contributed by atoms with Crippen LogP contribution in [-0.2, 0) is 4.79 Å². The molecule has 3 heteroatoms. The molecular weight excluding hydrogens is 200 g/mol. The summed E-state index contributed by atoms with van der Waals surface area (Å²) in [6.07, 6.45) is 6.94. The van der Waals surface area contributed by atoms with Gasteiger partial charge in [0.25, 0.3) is 0 Å². The molecule has 0 aromatic carbocycles. The van der Waals surface area contributed by atoms with E-state index in [1.165, 1.54) is 32.1 Å². The maximum absolute atomic E-state index is 11.9. The lowest BCUT2D eigenvalue weighted by Gasteiger charge is -2.20. The largest absolute Gasteiger partial charge is 0.343 e. The molecule has 0 bridgehead atoms. The molecule has 1 saturated heterocycles. The van der Waals surface area contributed by atoms with Gasteiger partial charge in [-0.3, -0.25) is 4.79 Å². The van der Waals surface area contributed by atoms with Crippen LogP contribution in [0.2, 0.25) is 0 Å². The summed E-state index contributed by atoms with van der Waals surface area (Å²) in [7, 11) is 0. The van der Waals surface area contributed by atoms with Gasteiger partial charge in [-0.1, -0.05) is 6.92 Å². The summed E-state index contributed by atoms with van der Waals surface area (Å²) in [6, 6.07) is 0.719. The van der Waals surface area contributed by atoms with Crippen LogP contribution in [0.25, 0.3) is 0 Å². The number of nitrogens with one attached hydrogen (secondary N) is 1. The van der Waals surface area contributed by atoms with Gasteiger partial charge in [-0.05, 0) is 38.0 Å². The van der Waals surface area contributed by atoms with Crippen molar-refractivity contribution >= 4 is 5.91 Å². The molecule has 1 unspecified atom stereocenters. The zero-order valence-electron chi connectivity index (χ0n) is 10.4. The molecule has 92 valence electrons. The highest BCUT2D eigenvalue weighted by Gasteiger charge is 2.22. The van der Waals surface area contributed by atoms with Crippen LogP contribution in [0.1, 0.15) is 45.4 Å². The third-order valence-electron chi connectivity index (χ3n) is 3.72. The Kier molecular flexibility index (Phi) is 4.22. The van der Waals surface area contributed by atoms with Gasteiger partial charge in [0, 0.05) is 32.1 Å². The lowest BCUT2D eigenvalue weighted by Crippen LogP contribution is -2.34. The van der Waals surface area contributed by atoms with Crippen molar-refractivity contribution in [2.45, 2.75) is 51.5 Å². The smallest absolute Gasteiger partial charge is 0.223 e. The molecule has 2 fully saturated rings. The first kappa shape index (κ1) is 11.9. The number of hydrogen-bond donors (Lipinski definition) is 1. The van der Waals surface area contributed by atoms with Crippen LogP contribution in [0.15, 0.2) is 0 Å². The van der Waals surface area contributed by atoms with E-state index in [4.69, 9.17) is 0 Å². The van der Waals surface area contributed by atoms with Crippen LogP contribution in [0.5, 0.6) is 0 Å². The quantitative estimate of drug-likeness (QED) is 0.789. The van der Waals surface area contributed by atoms with Crippen molar-refractivity contribution in [2.24, 2.45) is 5.92 Å². The second-order valence-corrected chi connectivity index (χ2v) is 5.40. The molecule has 2 rings (SSSR count). The van der Waals surface area contributed by atoms with Gasteiger partial charge in [-0.15, -0.1) is 0 Å². The highest BCUT2D eigenvalue weighted by molar-refractivity contribution is 5.76. The third-order valence-corrected chi connectivity index (χ3v) is 3.72. The van der Waals surface area contributed by atoms with Gasteiger partial charge in [-0.25, -0.2) is 0 Å². The molecule has 1 heterocycles. The summed E-state index contributed by atoms with van der Waals surface area (Å²) in [5.41, 5.74) is 0. The van der Waals surface area contributed by atoms with E-state index in [0.717, 1.165) is 31.6 Å². The van der Waals surface area contributed by atoms with Crippen LogP contribution in [0, 0.1) is 5.92 Å². The maximum atomic E-state index is 11.9. The van der Waals surface area contributed by atoms with Gasteiger partial charge in [0.2, 0.25) is 5.91 Å². The fraction of sp³-hybridized carbons (Fsp3) is 0.923. The van der Waals surface area contributed by atoms with Crippen molar-refractivity contribution < 1.29 is 4.79 Å². The number of nitrogens with zero attached hydrogens (tertiary/aromatic N) is 1. The summed E-state index contributed by atoms with van der Waals surface area (Å²) in [6.45, 7) is 5.12. The summed E-state index contributed by atoms with van der Waals surface area (Å²) < 4.78 is 0. The fourth-order valence-electron chi connectivity index (χ4n) is 2.34. The Labute approximate surface area is 98.6 Å². The third kappa shape index (κ3) is 3.78. The zero-order chi connectivity index (χ0) is 11.4. The van der Waals surface area contributed by atoms with Gasteiger partial charge in [0.1, 0.15) is 0 Å². The molecule has 0 aromatic rings. The average Bonchev–Trinajstić information content (AvgIpc) is 3.06. The molecule has 16 heavy (non-hydrogen) atoms. The molecule has 0 radical (unpaired) electrons. The van der Waals surface area contributed by atoms with Gasteiger partial charge in [-0.2, -0.15) is 0 Å². The van der Waals surface area contributed by atoms with E-state index in [-0.39, 0.29) is 0 Å². The number of likely N-dealkylation sites (tertiary alicyclic amines) is 1. The van der Waals surface area contributed by atoms with Crippen LogP contribution in [0.3, 0.4) is 0 Å². The van der Waals surface area contributed by atoms with Crippen molar-refractivity contribution in [1.82, 2.24) is 10.2 Å². The lowest BCUT2D eigenvalue weighted by molar-refractivity contribution is -0.131. The van der Waals surface area contributed by atoms with E-state index in [1.54, 1.807) is 0 Å². The minimum absolute atomic E-state index is 0.349. The van der Waals surface area contributed by atoms with E-state index in [0.29, 0.717) is 12.3 Å². The van der Waals surface area contributed by atoms with Crippen LogP contribution >= 0.6 is 0 Å². The van der Waals surface area contributed by atoms with Crippen molar-refractivity contribution in [1.29, 1.82) is 0 Å². The Balaban J connectivity index is 1.66. The second kappa shape index (κ2) is 5.67. The summed E-state index contributed by atoms with van der Waals surface area (Å²) >= 11 is 0. The predicted molar refractivity (Wildman–Crippen MR) is 65.2 cm³/mol. The van der Waals surface area contributed by atoms with Crippen molar-refractivity contribution in [3.63, 3.8) is 0 Å². The SMILES string of the molecule is CC1CCCN(C(=O)CCNC2CC2)CC1. The first-order valence-corrected chi connectivity index (χ1v) is 6.77. The fourth-order valence-corrected chi connectivity index (χ4v) is 2.34. The molecule has 1 atom stereocenters. The highest BCUT2D eigenvalue weighted by atomic mass is 16.2. The molecule has 0 spiro atoms. The number of amides is 1. The van der Waals surface area contributed by atoms with E-state index < -0.39 is 0 Å². The zero-order valence-corrected chi connectivity index (χ0v) is 10.4. The van der Waals surface area contributed by atoms with Crippen LogP contribution in [-0.4, -0.2) is 36.5 Å². The van der Waals surface area contributed by atoms with E-state index in [1.807, 2.05) is 0 Å².